The number of nitrogens with zero attached hydrogens (tertiary/aromatic N) is 5. The molecule has 1 saturated heterocycles. The van der Waals surface area contributed by atoms with Gasteiger partial charge in [0.15, 0.2) is 6.23 Å². The predicted molar refractivity (Wildman–Crippen MR) is 86.4 cm³/mol. The topological polar surface area (TPSA) is 85.0 Å². The van der Waals surface area contributed by atoms with E-state index >= 15 is 0 Å². The van der Waals surface area contributed by atoms with Crippen LogP contribution in [-0.4, -0.2) is 28.3 Å². The molecule has 0 saturated carbocycles. The summed E-state index contributed by atoms with van der Waals surface area (Å²) in [5.41, 5.74) is 11.6. The molecule has 0 aliphatic carbocycles. The largest absolute Gasteiger partial charge is 0.365 e. The molecule has 2 aliphatic rings. The molecule has 3 atom stereocenters. The smallest absolute Gasteiger partial charge is 0.162 e. The van der Waals surface area contributed by atoms with Crippen molar-refractivity contribution in [3.8, 4) is 0 Å². The van der Waals surface area contributed by atoms with Crippen LogP contribution in [0.4, 0.5) is 0 Å². The lowest BCUT2D eigenvalue weighted by Gasteiger charge is -2.28. The number of rotatable bonds is 1. The van der Waals surface area contributed by atoms with Crippen LogP contribution in [0.3, 0.4) is 0 Å². The summed E-state index contributed by atoms with van der Waals surface area (Å²) in [7, 11) is 0. The minimum atomic E-state index is -0.314. The second-order valence-corrected chi connectivity index (χ2v) is 6.98. The fourth-order valence-electron chi connectivity index (χ4n) is 3.02. The summed E-state index contributed by atoms with van der Waals surface area (Å²) in [5, 5.41) is 3.77. The van der Waals surface area contributed by atoms with Gasteiger partial charge in [0.25, 0.3) is 0 Å². The van der Waals surface area contributed by atoms with Crippen LogP contribution in [0.2, 0.25) is 0 Å². The van der Waals surface area contributed by atoms with E-state index in [0.717, 1.165) is 31.4 Å². The van der Waals surface area contributed by atoms with Gasteiger partial charge in [0.2, 0.25) is 0 Å². The lowest BCUT2D eigenvalue weighted by atomic mass is 10.1. The van der Waals surface area contributed by atoms with Crippen LogP contribution in [0.15, 0.2) is 20.1 Å². The van der Waals surface area contributed by atoms with Crippen molar-refractivity contribution >= 4 is 42.9 Å². The van der Waals surface area contributed by atoms with Crippen molar-refractivity contribution < 1.29 is 9.47 Å². The van der Waals surface area contributed by atoms with Crippen LogP contribution < -0.4 is 0 Å². The zero-order valence-corrected chi connectivity index (χ0v) is 14.7. The first-order valence-corrected chi connectivity index (χ1v) is 8.33. The van der Waals surface area contributed by atoms with E-state index in [1.165, 1.54) is 0 Å². The highest BCUT2D eigenvalue weighted by Crippen LogP contribution is 2.40. The lowest BCUT2D eigenvalue weighted by molar-refractivity contribution is -0.0819. The molecule has 0 amide bonds. The van der Waals surface area contributed by atoms with Crippen LogP contribution in [0.1, 0.15) is 17.6 Å². The Bertz CT molecular complexity index is 830. The van der Waals surface area contributed by atoms with Crippen LogP contribution in [-0.2, 0) is 16.1 Å². The monoisotopic (exact) mass is 427 g/mol. The van der Waals surface area contributed by atoms with Crippen molar-refractivity contribution in [2.75, 3.05) is 6.61 Å². The fraction of sp³-hybridized carbons (Fsp3) is 0.462. The minimum Gasteiger partial charge on any atom is -0.365 e. The summed E-state index contributed by atoms with van der Waals surface area (Å²) in [6.07, 6.45) is -0.592. The van der Waals surface area contributed by atoms with Gasteiger partial charge in [0.05, 0.1) is 18.2 Å². The van der Waals surface area contributed by atoms with Crippen molar-refractivity contribution in [3.05, 3.63) is 36.8 Å². The van der Waals surface area contributed by atoms with Gasteiger partial charge >= 0.3 is 0 Å². The molecule has 1 aromatic heterocycles. The Labute approximate surface area is 142 Å². The summed E-state index contributed by atoms with van der Waals surface area (Å²) in [5.74, 6) is 0.816. The Morgan fingerprint density at radius 2 is 2.27 bits per heavy atom. The highest BCUT2D eigenvalue weighted by atomic mass is 79.9. The number of hydrogen-bond donors (Lipinski definition) is 0. The summed E-state index contributed by atoms with van der Waals surface area (Å²) in [4.78, 5) is 7.55. The van der Waals surface area contributed by atoms with Crippen molar-refractivity contribution in [3.63, 3.8) is 0 Å². The molecular formula is C13H11Br2N5O2. The van der Waals surface area contributed by atoms with Crippen molar-refractivity contribution in [2.45, 2.75) is 31.9 Å². The molecule has 114 valence electrons. The van der Waals surface area contributed by atoms with Gasteiger partial charge < -0.3 is 9.47 Å². The zero-order valence-electron chi connectivity index (χ0n) is 11.5. The Morgan fingerprint density at radius 3 is 3.05 bits per heavy atom. The molecular weight excluding hydrogens is 418 g/mol. The van der Waals surface area contributed by atoms with Gasteiger partial charge in [-0.05, 0) is 40.0 Å². The number of azide groups is 1. The standard InChI is InChI=1S/C13H11Br2N5O2/c1-5-6(14)2-8-11(10(5)15)17-9-4-21-12-7(18-19-16)3-22-13(12)20(8)9/h2,7,12-13H,3-4H2,1H3/t7?,12-,13+/m1/s1. The summed E-state index contributed by atoms with van der Waals surface area (Å²) < 4.78 is 15.7. The molecule has 22 heavy (non-hydrogen) atoms. The Kier molecular flexibility index (Phi) is 3.43. The van der Waals surface area contributed by atoms with E-state index in [4.69, 9.17) is 15.0 Å². The fourth-order valence-corrected chi connectivity index (χ4v) is 4.20. The predicted octanol–water partition coefficient (Wildman–Crippen LogP) is 3.98. The molecule has 3 heterocycles. The molecule has 0 N–H and O–H groups in total. The quantitative estimate of drug-likeness (QED) is 0.391. The average Bonchev–Trinajstić information content (AvgIpc) is 3.07. The maximum atomic E-state index is 8.66. The first-order valence-electron chi connectivity index (χ1n) is 6.74. The molecule has 0 bridgehead atoms. The third-order valence-electron chi connectivity index (χ3n) is 4.14. The Balaban J connectivity index is 1.91. The van der Waals surface area contributed by atoms with Crippen LogP contribution in [0.5, 0.6) is 0 Å². The van der Waals surface area contributed by atoms with E-state index in [2.05, 4.69) is 46.9 Å². The third-order valence-corrected chi connectivity index (χ3v) is 5.93. The van der Waals surface area contributed by atoms with Crippen molar-refractivity contribution in [1.82, 2.24) is 9.55 Å². The number of halogens is 2. The first kappa shape index (κ1) is 14.5. The normalized spacial score (nSPS) is 26.6. The van der Waals surface area contributed by atoms with Crippen molar-refractivity contribution in [2.24, 2.45) is 5.11 Å². The highest BCUT2D eigenvalue weighted by Gasteiger charge is 2.43. The van der Waals surface area contributed by atoms with Crippen molar-refractivity contribution in [1.29, 1.82) is 0 Å². The molecule has 0 radical (unpaired) electrons. The van der Waals surface area contributed by atoms with Gasteiger partial charge in [-0.2, -0.15) is 0 Å². The number of aromatic nitrogens is 2. The van der Waals surface area contributed by atoms with Crippen LogP contribution in [0.25, 0.3) is 21.5 Å². The SMILES string of the molecule is Cc1c(Br)cc2c(nc3n2[C@H]2OCC(N=[N+]=[N-])[C@H]2OC3)c1Br. The van der Waals surface area contributed by atoms with Gasteiger partial charge in [-0.3, -0.25) is 4.57 Å². The first-order chi connectivity index (χ1) is 10.6. The van der Waals surface area contributed by atoms with E-state index < -0.39 is 0 Å². The molecule has 0 spiro atoms. The Hall–Kier alpha value is -1.12. The summed E-state index contributed by atoms with van der Waals surface area (Å²) >= 11 is 7.19. The molecule has 9 heteroatoms. The average molecular weight is 429 g/mol. The van der Waals surface area contributed by atoms with Gasteiger partial charge in [0.1, 0.15) is 24.1 Å². The number of imidazole rings is 1. The molecule has 4 rings (SSSR count). The van der Waals surface area contributed by atoms with E-state index in [-0.39, 0.29) is 18.4 Å². The highest BCUT2D eigenvalue weighted by molar-refractivity contribution is 9.11. The van der Waals surface area contributed by atoms with E-state index in [9.17, 15) is 0 Å². The van der Waals surface area contributed by atoms with Crippen LogP contribution in [0, 0.1) is 6.92 Å². The number of fused-ring (bicyclic) bond motifs is 5. The van der Waals surface area contributed by atoms with Crippen LogP contribution >= 0.6 is 31.9 Å². The van der Waals surface area contributed by atoms with E-state index in [1.54, 1.807) is 0 Å². The zero-order chi connectivity index (χ0) is 15.4. The molecule has 7 nitrogen and oxygen atoms in total. The molecule has 1 unspecified atom stereocenters. The van der Waals surface area contributed by atoms with Gasteiger partial charge in [0, 0.05) is 13.9 Å². The van der Waals surface area contributed by atoms with E-state index in [1.807, 2.05) is 17.6 Å². The summed E-state index contributed by atoms with van der Waals surface area (Å²) in [6.45, 7) is 2.75. The number of benzene rings is 1. The van der Waals surface area contributed by atoms with E-state index in [0.29, 0.717) is 13.2 Å². The molecule has 1 fully saturated rings. The second-order valence-electron chi connectivity index (χ2n) is 5.33. The maximum Gasteiger partial charge on any atom is 0.162 e. The number of hydrogen-bond acceptors (Lipinski definition) is 4. The Morgan fingerprint density at radius 1 is 1.45 bits per heavy atom. The van der Waals surface area contributed by atoms with Gasteiger partial charge in [-0.25, -0.2) is 4.98 Å². The summed E-state index contributed by atoms with van der Waals surface area (Å²) in [6, 6.07) is 1.73. The number of ether oxygens (including phenoxy) is 2. The molecule has 2 aromatic rings. The second kappa shape index (κ2) is 5.21. The lowest BCUT2D eigenvalue weighted by Crippen LogP contribution is -2.35. The minimum absolute atomic E-state index is 0.278. The molecule has 1 aromatic carbocycles. The molecule has 2 aliphatic heterocycles. The maximum absolute atomic E-state index is 8.66. The van der Waals surface area contributed by atoms with Gasteiger partial charge in [-0.15, -0.1) is 0 Å². The van der Waals surface area contributed by atoms with Gasteiger partial charge in [-0.1, -0.05) is 21.0 Å². The third kappa shape index (κ3) is 1.93.